The molecule has 0 amide bonds. The lowest BCUT2D eigenvalue weighted by Gasteiger charge is -2.23. The van der Waals surface area contributed by atoms with Gasteiger partial charge in [0.25, 0.3) is 0 Å². The van der Waals surface area contributed by atoms with E-state index in [4.69, 9.17) is 0 Å². The van der Waals surface area contributed by atoms with Gasteiger partial charge in [-0.25, -0.2) is 4.98 Å². The van der Waals surface area contributed by atoms with Crippen molar-refractivity contribution in [2.75, 3.05) is 25.0 Å². The van der Waals surface area contributed by atoms with Crippen molar-refractivity contribution < 1.29 is 0 Å². The Hall–Kier alpha value is -1.09. The molecule has 2 rings (SSSR count). The van der Waals surface area contributed by atoms with E-state index in [9.17, 15) is 0 Å². The first kappa shape index (κ1) is 10.4. The van der Waals surface area contributed by atoms with Crippen molar-refractivity contribution in [1.29, 1.82) is 0 Å². The van der Waals surface area contributed by atoms with Gasteiger partial charge in [0.2, 0.25) is 0 Å². The molecule has 1 fully saturated rings. The van der Waals surface area contributed by atoms with Gasteiger partial charge in [-0.3, -0.25) is 4.90 Å². The average molecular weight is 205 g/mol. The molecule has 1 saturated heterocycles. The first-order valence-electron chi connectivity index (χ1n) is 5.75. The highest BCUT2D eigenvalue weighted by molar-refractivity contribution is 5.33. The number of nitrogens with one attached hydrogen (secondary N) is 1. The van der Waals surface area contributed by atoms with Crippen molar-refractivity contribution in [3.63, 3.8) is 0 Å². The van der Waals surface area contributed by atoms with E-state index in [1.54, 1.807) is 0 Å². The lowest BCUT2D eigenvalue weighted by molar-refractivity contribution is 0.269. The summed E-state index contributed by atoms with van der Waals surface area (Å²) in [6.07, 6.45) is 4.53. The molecule has 1 aliphatic heterocycles. The molecular weight excluding hydrogens is 186 g/mol. The molecule has 0 radical (unpaired) electrons. The molecule has 3 heteroatoms. The van der Waals surface area contributed by atoms with E-state index in [1.165, 1.54) is 25.9 Å². The van der Waals surface area contributed by atoms with Gasteiger partial charge in [-0.2, -0.15) is 0 Å². The molecule has 3 nitrogen and oxygen atoms in total. The number of aromatic nitrogens is 1. The Balaban J connectivity index is 1.77. The van der Waals surface area contributed by atoms with Crippen LogP contribution in [0.15, 0.2) is 24.4 Å². The summed E-state index contributed by atoms with van der Waals surface area (Å²) < 4.78 is 0. The maximum absolute atomic E-state index is 4.25. The van der Waals surface area contributed by atoms with Gasteiger partial charge in [0.1, 0.15) is 5.82 Å². The molecule has 1 unspecified atom stereocenters. The summed E-state index contributed by atoms with van der Waals surface area (Å²) in [4.78, 5) is 6.79. The minimum Gasteiger partial charge on any atom is -0.369 e. The van der Waals surface area contributed by atoms with Crippen LogP contribution in [0.4, 0.5) is 5.82 Å². The maximum atomic E-state index is 4.25. The first-order chi connectivity index (χ1) is 7.36. The zero-order chi connectivity index (χ0) is 10.5. The monoisotopic (exact) mass is 205 g/mol. The Kier molecular flexibility index (Phi) is 3.56. The van der Waals surface area contributed by atoms with Crippen LogP contribution < -0.4 is 5.32 Å². The molecule has 1 aromatic heterocycles. The summed E-state index contributed by atoms with van der Waals surface area (Å²) in [6.45, 7) is 5.77. The Morgan fingerprint density at radius 3 is 2.87 bits per heavy atom. The summed E-state index contributed by atoms with van der Waals surface area (Å²) in [5.41, 5.74) is 0. The SMILES string of the molecule is CC(CNc1ccccn1)N1CCCC1. The topological polar surface area (TPSA) is 28.2 Å². The molecule has 1 atom stereocenters. The number of likely N-dealkylation sites (tertiary alicyclic amines) is 1. The van der Waals surface area contributed by atoms with Crippen molar-refractivity contribution in [2.24, 2.45) is 0 Å². The molecule has 2 heterocycles. The Labute approximate surface area is 91.5 Å². The fourth-order valence-electron chi connectivity index (χ4n) is 2.03. The minimum atomic E-state index is 0.606. The molecule has 0 aromatic carbocycles. The van der Waals surface area contributed by atoms with Gasteiger partial charge in [0.05, 0.1) is 0 Å². The lowest BCUT2D eigenvalue weighted by Crippen LogP contribution is -2.35. The van der Waals surface area contributed by atoms with Gasteiger partial charge in [-0.15, -0.1) is 0 Å². The summed E-state index contributed by atoms with van der Waals surface area (Å²) in [5, 5.41) is 3.37. The molecular formula is C12H19N3. The third-order valence-electron chi connectivity index (χ3n) is 3.01. The molecule has 0 spiro atoms. The van der Waals surface area contributed by atoms with E-state index < -0.39 is 0 Å². The van der Waals surface area contributed by atoms with Gasteiger partial charge in [-0.1, -0.05) is 6.07 Å². The van der Waals surface area contributed by atoms with Crippen LogP contribution in [0.25, 0.3) is 0 Å². The highest BCUT2D eigenvalue weighted by Crippen LogP contribution is 2.11. The molecule has 0 saturated carbocycles. The number of hydrogen-bond donors (Lipinski definition) is 1. The summed E-state index contributed by atoms with van der Waals surface area (Å²) in [6, 6.07) is 6.57. The number of rotatable bonds is 4. The average Bonchev–Trinajstić information content (AvgIpc) is 2.81. The van der Waals surface area contributed by atoms with Crippen LogP contribution in [0.5, 0.6) is 0 Å². The molecule has 0 aliphatic carbocycles. The molecule has 1 N–H and O–H groups in total. The second kappa shape index (κ2) is 5.12. The van der Waals surface area contributed by atoms with E-state index in [-0.39, 0.29) is 0 Å². The molecule has 82 valence electrons. The predicted octanol–water partition coefficient (Wildman–Crippen LogP) is 1.98. The number of nitrogens with zero attached hydrogens (tertiary/aromatic N) is 2. The van der Waals surface area contributed by atoms with Crippen LogP contribution in [0.1, 0.15) is 19.8 Å². The van der Waals surface area contributed by atoms with Gasteiger partial charge in [0.15, 0.2) is 0 Å². The third kappa shape index (κ3) is 2.93. The van der Waals surface area contributed by atoms with E-state index in [1.807, 2.05) is 24.4 Å². The largest absolute Gasteiger partial charge is 0.369 e. The van der Waals surface area contributed by atoms with Crippen molar-refractivity contribution in [2.45, 2.75) is 25.8 Å². The highest BCUT2D eigenvalue weighted by Gasteiger charge is 2.17. The van der Waals surface area contributed by atoms with Crippen LogP contribution in [0.3, 0.4) is 0 Å². The summed E-state index contributed by atoms with van der Waals surface area (Å²) in [7, 11) is 0. The third-order valence-corrected chi connectivity index (χ3v) is 3.01. The van der Waals surface area contributed by atoms with Gasteiger partial charge in [-0.05, 0) is 45.0 Å². The molecule has 0 bridgehead atoms. The number of pyridine rings is 1. The normalized spacial score (nSPS) is 19.0. The molecule has 1 aliphatic rings. The Bertz CT molecular complexity index is 280. The van der Waals surface area contributed by atoms with Crippen molar-refractivity contribution in [3.8, 4) is 0 Å². The van der Waals surface area contributed by atoms with Gasteiger partial charge < -0.3 is 5.32 Å². The van der Waals surface area contributed by atoms with E-state index in [2.05, 4.69) is 22.1 Å². The zero-order valence-corrected chi connectivity index (χ0v) is 9.32. The Morgan fingerprint density at radius 1 is 1.40 bits per heavy atom. The molecule has 15 heavy (non-hydrogen) atoms. The standard InChI is InChI=1S/C12H19N3/c1-11(15-8-4-5-9-15)10-14-12-6-2-3-7-13-12/h2-3,6-7,11H,4-5,8-10H2,1H3,(H,13,14). The van der Waals surface area contributed by atoms with Crippen molar-refractivity contribution in [3.05, 3.63) is 24.4 Å². The minimum absolute atomic E-state index is 0.606. The van der Waals surface area contributed by atoms with Crippen LogP contribution in [-0.2, 0) is 0 Å². The van der Waals surface area contributed by atoms with E-state index in [0.29, 0.717) is 6.04 Å². The van der Waals surface area contributed by atoms with Crippen molar-refractivity contribution >= 4 is 5.82 Å². The quantitative estimate of drug-likeness (QED) is 0.814. The van der Waals surface area contributed by atoms with Gasteiger partial charge in [0, 0.05) is 18.8 Å². The van der Waals surface area contributed by atoms with Crippen LogP contribution in [0, 0.1) is 0 Å². The highest BCUT2D eigenvalue weighted by atomic mass is 15.2. The van der Waals surface area contributed by atoms with E-state index in [0.717, 1.165) is 12.4 Å². The smallest absolute Gasteiger partial charge is 0.125 e. The molecule has 1 aromatic rings. The Morgan fingerprint density at radius 2 is 2.20 bits per heavy atom. The predicted molar refractivity (Wildman–Crippen MR) is 63.0 cm³/mol. The fraction of sp³-hybridized carbons (Fsp3) is 0.583. The second-order valence-electron chi connectivity index (χ2n) is 4.19. The van der Waals surface area contributed by atoms with Crippen LogP contribution >= 0.6 is 0 Å². The number of hydrogen-bond acceptors (Lipinski definition) is 3. The van der Waals surface area contributed by atoms with E-state index >= 15 is 0 Å². The zero-order valence-electron chi connectivity index (χ0n) is 9.32. The second-order valence-corrected chi connectivity index (χ2v) is 4.19. The lowest BCUT2D eigenvalue weighted by atomic mass is 10.3. The van der Waals surface area contributed by atoms with Crippen molar-refractivity contribution in [1.82, 2.24) is 9.88 Å². The fourth-order valence-corrected chi connectivity index (χ4v) is 2.03. The summed E-state index contributed by atoms with van der Waals surface area (Å²) in [5.74, 6) is 0.976. The summed E-state index contributed by atoms with van der Waals surface area (Å²) >= 11 is 0. The van der Waals surface area contributed by atoms with Crippen LogP contribution in [0.2, 0.25) is 0 Å². The van der Waals surface area contributed by atoms with Crippen LogP contribution in [-0.4, -0.2) is 35.6 Å². The maximum Gasteiger partial charge on any atom is 0.125 e. The number of anilines is 1. The van der Waals surface area contributed by atoms with Gasteiger partial charge >= 0.3 is 0 Å². The first-order valence-corrected chi connectivity index (χ1v) is 5.75.